The molecule has 0 aliphatic heterocycles. The molecule has 1 aromatic rings. The van der Waals surface area contributed by atoms with Gasteiger partial charge in [0.15, 0.2) is 0 Å². The normalized spacial score (nSPS) is 14.2. The lowest BCUT2D eigenvalue weighted by atomic mass is 10.0. The van der Waals surface area contributed by atoms with E-state index in [9.17, 15) is 0 Å². The zero-order valence-electron chi connectivity index (χ0n) is 8.96. The predicted octanol–water partition coefficient (Wildman–Crippen LogP) is 4.23. The molecule has 0 atom stereocenters. The third kappa shape index (κ3) is 1.84. The second-order valence-corrected chi connectivity index (χ2v) is 3.83. The fraction of sp³-hybridized carbons (Fsp3) is 0.0667. The number of benzene rings is 1. The molecule has 15 heavy (non-hydrogen) atoms. The molecule has 0 heterocycles. The summed E-state index contributed by atoms with van der Waals surface area (Å²) in [5.41, 5.74) is 5.69. The first kappa shape index (κ1) is 9.72. The minimum Gasteiger partial charge on any atom is -0.0955 e. The molecule has 0 amide bonds. The molecule has 0 saturated heterocycles. The summed E-state index contributed by atoms with van der Waals surface area (Å²) in [5, 5.41) is 0. The molecule has 1 aliphatic carbocycles. The lowest BCUT2D eigenvalue weighted by molar-refractivity contribution is 1.47. The van der Waals surface area contributed by atoms with E-state index in [2.05, 4.69) is 43.5 Å². The van der Waals surface area contributed by atoms with Gasteiger partial charge in [-0.1, -0.05) is 55.1 Å². The predicted molar refractivity (Wildman–Crippen MR) is 67.4 cm³/mol. The van der Waals surface area contributed by atoms with Crippen LogP contribution in [0, 0.1) is 0 Å². The Bertz CT molecular complexity index is 485. The van der Waals surface area contributed by atoms with Gasteiger partial charge in [0.2, 0.25) is 0 Å². The molecule has 0 nitrogen and oxygen atoms in total. The van der Waals surface area contributed by atoms with Gasteiger partial charge in [0.1, 0.15) is 0 Å². The Labute approximate surface area is 91.0 Å². The average Bonchev–Trinajstić information content (AvgIpc) is 2.39. The smallest absolute Gasteiger partial charge is 0.0117 e. The first-order valence-corrected chi connectivity index (χ1v) is 5.02. The fourth-order valence-electron chi connectivity index (χ4n) is 1.69. The zero-order valence-corrected chi connectivity index (χ0v) is 8.96. The van der Waals surface area contributed by atoms with Gasteiger partial charge in [-0.3, -0.25) is 0 Å². The summed E-state index contributed by atoms with van der Waals surface area (Å²) >= 11 is 0. The standard InChI is InChI=1S/C15H14/c1-11(2)14-9-8-13-6-4-5-7-15(13)12(3)10-14/h4-10H,1,3H2,2H3. The van der Waals surface area contributed by atoms with Crippen molar-refractivity contribution in [3.05, 3.63) is 71.8 Å². The third-order valence-electron chi connectivity index (χ3n) is 2.57. The van der Waals surface area contributed by atoms with Gasteiger partial charge in [-0.05, 0) is 35.3 Å². The Morgan fingerprint density at radius 2 is 1.87 bits per heavy atom. The summed E-state index contributed by atoms with van der Waals surface area (Å²) in [6.45, 7) is 10.1. The second kappa shape index (κ2) is 3.74. The second-order valence-electron chi connectivity index (χ2n) is 3.83. The first-order chi connectivity index (χ1) is 7.18. The maximum Gasteiger partial charge on any atom is -0.0117 e. The van der Waals surface area contributed by atoms with Gasteiger partial charge in [-0.25, -0.2) is 0 Å². The van der Waals surface area contributed by atoms with E-state index in [0.717, 1.165) is 16.7 Å². The van der Waals surface area contributed by atoms with Crippen molar-refractivity contribution in [2.45, 2.75) is 6.92 Å². The van der Waals surface area contributed by atoms with Crippen molar-refractivity contribution >= 4 is 11.6 Å². The summed E-state index contributed by atoms with van der Waals surface area (Å²) in [4.78, 5) is 0. The minimum absolute atomic E-state index is 1.05. The minimum atomic E-state index is 1.05. The number of hydrogen-bond donors (Lipinski definition) is 0. The molecule has 1 aromatic carbocycles. The monoisotopic (exact) mass is 194 g/mol. The van der Waals surface area contributed by atoms with Crippen LogP contribution < -0.4 is 0 Å². The van der Waals surface area contributed by atoms with Crippen LogP contribution in [0.5, 0.6) is 0 Å². The molecule has 0 N–H and O–H groups in total. The molecule has 0 bridgehead atoms. The topological polar surface area (TPSA) is 0 Å². The van der Waals surface area contributed by atoms with Crippen LogP contribution in [0.3, 0.4) is 0 Å². The Balaban J connectivity index is 2.56. The Kier molecular flexibility index (Phi) is 2.42. The largest absolute Gasteiger partial charge is 0.0955 e. The van der Waals surface area contributed by atoms with Crippen molar-refractivity contribution in [3.63, 3.8) is 0 Å². The molecule has 0 saturated carbocycles. The molecule has 2 rings (SSSR count). The summed E-state index contributed by atoms with van der Waals surface area (Å²) in [5.74, 6) is 0. The molecule has 74 valence electrons. The molecular formula is C15H14. The lowest BCUT2D eigenvalue weighted by Gasteiger charge is -2.03. The molecule has 0 fully saturated rings. The highest BCUT2D eigenvalue weighted by molar-refractivity contribution is 5.83. The first-order valence-electron chi connectivity index (χ1n) is 5.02. The summed E-state index contributed by atoms with van der Waals surface area (Å²) in [6, 6.07) is 8.28. The SMILES string of the molecule is C=C(C)C1=CC(=C)c2ccccc2C=C1. The maximum absolute atomic E-state index is 4.09. The Hall–Kier alpha value is -1.82. The van der Waals surface area contributed by atoms with E-state index in [1.807, 2.05) is 19.1 Å². The van der Waals surface area contributed by atoms with Crippen LogP contribution in [0.2, 0.25) is 0 Å². The van der Waals surface area contributed by atoms with Crippen LogP contribution in [0.1, 0.15) is 18.1 Å². The van der Waals surface area contributed by atoms with E-state index in [4.69, 9.17) is 0 Å². The van der Waals surface area contributed by atoms with E-state index in [1.54, 1.807) is 0 Å². The number of rotatable bonds is 1. The highest BCUT2D eigenvalue weighted by atomic mass is 14.1. The Morgan fingerprint density at radius 1 is 1.13 bits per heavy atom. The van der Waals surface area contributed by atoms with Gasteiger partial charge in [0.25, 0.3) is 0 Å². The van der Waals surface area contributed by atoms with Crippen molar-refractivity contribution in [2.24, 2.45) is 0 Å². The molecule has 0 radical (unpaired) electrons. The van der Waals surface area contributed by atoms with Crippen molar-refractivity contribution in [2.75, 3.05) is 0 Å². The van der Waals surface area contributed by atoms with Gasteiger partial charge in [-0.15, -0.1) is 0 Å². The third-order valence-corrected chi connectivity index (χ3v) is 2.57. The maximum atomic E-state index is 4.09. The van der Waals surface area contributed by atoms with Crippen LogP contribution >= 0.6 is 0 Å². The van der Waals surface area contributed by atoms with Crippen LogP contribution in [0.4, 0.5) is 0 Å². The zero-order chi connectivity index (χ0) is 10.8. The van der Waals surface area contributed by atoms with Crippen LogP contribution in [-0.4, -0.2) is 0 Å². The van der Waals surface area contributed by atoms with E-state index in [1.165, 1.54) is 11.1 Å². The van der Waals surface area contributed by atoms with Gasteiger partial charge < -0.3 is 0 Å². The van der Waals surface area contributed by atoms with Gasteiger partial charge in [0.05, 0.1) is 0 Å². The summed E-state index contributed by atoms with van der Waals surface area (Å²) < 4.78 is 0. The van der Waals surface area contributed by atoms with E-state index in [0.29, 0.717) is 0 Å². The number of fused-ring (bicyclic) bond motifs is 1. The average molecular weight is 194 g/mol. The van der Waals surface area contributed by atoms with Crippen molar-refractivity contribution in [1.29, 1.82) is 0 Å². The molecule has 0 heteroatoms. The highest BCUT2D eigenvalue weighted by Crippen LogP contribution is 2.27. The number of allylic oxidation sites excluding steroid dienone is 5. The van der Waals surface area contributed by atoms with Gasteiger partial charge >= 0.3 is 0 Å². The van der Waals surface area contributed by atoms with Crippen molar-refractivity contribution in [3.8, 4) is 0 Å². The lowest BCUT2D eigenvalue weighted by Crippen LogP contribution is -1.83. The van der Waals surface area contributed by atoms with E-state index >= 15 is 0 Å². The van der Waals surface area contributed by atoms with Crippen LogP contribution in [-0.2, 0) is 0 Å². The molecular weight excluding hydrogens is 180 g/mol. The van der Waals surface area contributed by atoms with E-state index in [-0.39, 0.29) is 0 Å². The van der Waals surface area contributed by atoms with Crippen molar-refractivity contribution < 1.29 is 0 Å². The summed E-state index contributed by atoms with van der Waals surface area (Å²) in [7, 11) is 0. The summed E-state index contributed by atoms with van der Waals surface area (Å²) in [6.07, 6.45) is 6.30. The molecule has 1 aliphatic rings. The molecule has 0 spiro atoms. The van der Waals surface area contributed by atoms with Gasteiger partial charge in [-0.2, -0.15) is 0 Å². The van der Waals surface area contributed by atoms with E-state index < -0.39 is 0 Å². The van der Waals surface area contributed by atoms with Crippen LogP contribution in [0.25, 0.3) is 11.6 Å². The fourth-order valence-corrected chi connectivity index (χ4v) is 1.69. The van der Waals surface area contributed by atoms with Crippen molar-refractivity contribution in [1.82, 2.24) is 0 Å². The number of hydrogen-bond acceptors (Lipinski definition) is 0. The van der Waals surface area contributed by atoms with Crippen LogP contribution in [0.15, 0.2) is 60.7 Å². The van der Waals surface area contributed by atoms with Gasteiger partial charge in [0, 0.05) is 0 Å². The highest BCUT2D eigenvalue weighted by Gasteiger charge is 2.06. The molecule has 0 unspecified atom stereocenters. The molecule has 0 aromatic heterocycles. The Morgan fingerprint density at radius 3 is 2.60 bits per heavy atom. The quantitative estimate of drug-likeness (QED) is 0.627.